The monoisotopic (exact) mass is 259 g/mol. The SMILES string of the molecule is CC(O)C1CCN(c2ccc(C(F)(F)F)cc2)C1. The number of nitrogens with zero attached hydrogens (tertiary/aromatic N) is 1. The molecule has 18 heavy (non-hydrogen) atoms. The van der Waals surface area contributed by atoms with Crippen molar-refractivity contribution < 1.29 is 18.3 Å². The number of halogens is 3. The third-order valence-corrected chi connectivity index (χ3v) is 3.47. The van der Waals surface area contributed by atoms with Crippen LogP contribution < -0.4 is 4.90 Å². The van der Waals surface area contributed by atoms with Crippen LogP contribution in [0, 0.1) is 5.92 Å². The van der Waals surface area contributed by atoms with E-state index in [2.05, 4.69) is 0 Å². The zero-order valence-corrected chi connectivity index (χ0v) is 10.1. The lowest BCUT2D eigenvalue weighted by Crippen LogP contribution is -2.23. The van der Waals surface area contributed by atoms with Gasteiger partial charge >= 0.3 is 6.18 Å². The molecule has 0 saturated carbocycles. The molecule has 2 atom stereocenters. The lowest BCUT2D eigenvalue weighted by molar-refractivity contribution is -0.137. The molecule has 2 nitrogen and oxygen atoms in total. The third kappa shape index (κ3) is 2.77. The molecule has 0 bridgehead atoms. The minimum Gasteiger partial charge on any atom is -0.393 e. The summed E-state index contributed by atoms with van der Waals surface area (Å²) in [5.41, 5.74) is 0.156. The van der Waals surface area contributed by atoms with Gasteiger partial charge in [-0.2, -0.15) is 13.2 Å². The van der Waals surface area contributed by atoms with E-state index in [1.807, 2.05) is 4.90 Å². The first kappa shape index (κ1) is 13.2. The predicted octanol–water partition coefficient (Wildman–Crippen LogP) is 2.91. The maximum absolute atomic E-state index is 12.4. The lowest BCUT2D eigenvalue weighted by atomic mass is 10.0. The summed E-state index contributed by atoms with van der Waals surface area (Å²) < 4.78 is 37.3. The number of anilines is 1. The minimum absolute atomic E-state index is 0.201. The number of aliphatic hydroxyl groups is 1. The number of hydrogen-bond acceptors (Lipinski definition) is 2. The van der Waals surface area contributed by atoms with Crippen molar-refractivity contribution in [3.8, 4) is 0 Å². The zero-order valence-electron chi connectivity index (χ0n) is 10.1. The Hall–Kier alpha value is -1.23. The summed E-state index contributed by atoms with van der Waals surface area (Å²) >= 11 is 0. The molecule has 0 radical (unpaired) electrons. The Morgan fingerprint density at radius 2 is 1.89 bits per heavy atom. The quantitative estimate of drug-likeness (QED) is 0.882. The summed E-state index contributed by atoms with van der Waals surface area (Å²) in [7, 11) is 0. The smallest absolute Gasteiger partial charge is 0.393 e. The van der Waals surface area contributed by atoms with Gasteiger partial charge in [-0.1, -0.05) is 0 Å². The van der Waals surface area contributed by atoms with E-state index >= 15 is 0 Å². The van der Waals surface area contributed by atoms with Crippen LogP contribution in [0.25, 0.3) is 0 Å². The number of aliphatic hydroxyl groups excluding tert-OH is 1. The van der Waals surface area contributed by atoms with Crippen molar-refractivity contribution in [1.82, 2.24) is 0 Å². The van der Waals surface area contributed by atoms with Crippen molar-refractivity contribution in [3.05, 3.63) is 29.8 Å². The maximum Gasteiger partial charge on any atom is 0.416 e. The molecular formula is C13H16F3NO. The van der Waals surface area contributed by atoms with Crippen LogP contribution in [0.15, 0.2) is 24.3 Å². The van der Waals surface area contributed by atoms with Crippen molar-refractivity contribution in [1.29, 1.82) is 0 Å². The molecule has 1 aliphatic heterocycles. The largest absolute Gasteiger partial charge is 0.416 e. The Bertz CT molecular complexity index is 400. The van der Waals surface area contributed by atoms with Crippen LogP contribution in [0.1, 0.15) is 18.9 Å². The second kappa shape index (κ2) is 4.80. The highest BCUT2D eigenvalue weighted by Gasteiger charge is 2.31. The molecule has 0 aliphatic carbocycles. The van der Waals surface area contributed by atoms with E-state index in [-0.39, 0.29) is 12.0 Å². The van der Waals surface area contributed by atoms with Crippen LogP contribution in [0.5, 0.6) is 0 Å². The summed E-state index contributed by atoms with van der Waals surface area (Å²) in [5, 5.41) is 9.49. The van der Waals surface area contributed by atoms with E-state index < -0.39 is 11.7 Å². The molecule has 1 fully saturated rings. The first-order valence-electron chi connectivity index (χ1n) is 5.98. The van der Waals surface area contributed by atoms with Gasteiger partial charge in [-0.15, -0.1) is 0 Å². The first-order chi connectivity index (χ1) is 8.38. The topological polar surface area (TPSA) is 23.5 Å². The van der Waals surface area contributed by atoms with E-state index in [1.54, 1.807) is 6.92 Å². The molecule has 1 aliphatic rings. The van der Waals surface area contributed by atoms with Gasteiger partial charge in [0, 0.05) is 24.7 Å². The van der Waals surface area contributed by atoms with Crippen molar-refractivity contribution in [2.45, 2.75) is 25.6 Å². The van der Waals surface area contributed by atoms with E-state index in [1.165, 1.54) is 12.1 Å². The molecule has 100 valence electrons. The Kier molecular flexibility index (Phi) is 3.52. The van der Waals surface area contributed by atoms with Crippen LogP contribution in [-0.4, -0.2) is 24.3 Å². The van der Waals surface area contributed by atoms with Crippen molar-refractivity contribution in [2.75, 3.05) is 18.0 Å². The molecule has 0 amide bonds. The molecule has 1 N–H and O–H groups in total. The highest BCUT2D eigenvalue weighted by Crippen LogP contribution is 2.32. The number of hydrogen-bond donors (Lipinski definition) is 1. The molecular weight excluding hydrogens is 243 g/mol. The summed E-state index contributed by atoms with van der Waals surface area (Å²) in [6.45, 7) is 3.23. The number of benzene rings is 1. The van der Waals surface area contributed by atoms with Crippen LogP contribution in [0.4, 0.5) is 18.9 Å². The van der Waals surface area contributed by atoms with Gasteiger partial charge in [0.2, 0.25) is 0 Å². The highest BCUT2D eigenvalue weighted by molar-refractivity contribution is 5.49. The Morgan fingerprint density at radius 3 is 2.33 bits per heavy atom. The van der Waals surface area contributed by atoms with Crippen LogP contribution in [-0.2, 0) is 6.18 Å². The predicted molar refractivity (Wildman–Crippen MR) is 63.4 cm³/mol. The number of alkyl halides is 3. The third-order valence-electron chi connectivity index (χ3n) is 3.47. The zero-order chi connectivity index (χ0) is 13.3. The van der Waals surface area contributed by atoms with Crippen LogP contribution in [0.2, 0.25) is 0 Å². The van der Waals surface area contributed by atoms with Crippen molar-refractivity contribution >= 4 is 5.69 Å². The van der Waals surface area contributed by atoms with Gasteiger partial charge in [-0.3, -0.25) is 0 Å². The molecule has 2 unspecified atom stereocenters. The highest BCUT2D eigenvalue weighted by atomic mass is 19.4. The molecule has 0 spiro atoms. The average molecular weight is 259 g/mol. The average Bonchev–Trinajstić information content (AvgIpc) is 2.77. The van der Waals surface area contributed by atoms with E-state index in [0.717, 1.165) is 30.8 Å². The van der Waals surface area contributed by atoms with E-state index in [9.17, 15) is 18.3 Å². The fourth-order valence-electron chi connectivity index (χ4n) is 2.28. The molecule has 1 heterocycles. The maximum atomic E-state index is 12.4. The van der Waals surface area contributed by atoms with Gasteiger partial charge in [0.15, 0.2) is 0 Å². The second-order valence-corrected chi connectivity index (χ2v) is 4.78. The summed E-state index contributed by atoms with van der Waals surface area (Å²) in [5.74, 6) is 0.201. The standard InChI is InChI=1S/C13H16F3NO/c1-9(18)10-6-7-17(8-10)12-4-2-11(3-5-12)13(14,15)16/h2-5,9-10,18H,6-8H2,1H3. The lowest BCUT2D eigenvalue weighted by Gasteiger charge is -2.20. The summed E-state index contributed by atoms with van der Waals surface area (Å²) in [6, 6.07) is 5.19. The molecule has 1 aromatic carbocycles. The van der Waals surface area contributed by atoms with Gasteiger partial charge in [0.1, 0.15) is 0 Å². The molecule has 1 saturated heterocycles. The van der Waals surface area contributed by atoms with E-state index in [4.69, 9.17) is 0 Å². The molecule has 5 heteroatoms. The van der Waals surface area contributed by atoms with Gasteiger partial charge in [-0.05, 0) is 37.6 Å². The van der Waals surface area contributed by atoms with E-state index in [0.29, 0.717) is 6.54 Å². The Morgan fingerprint density at radius 1 is 1.28 bits per heavy atom. The summed E-state index contributed by atoms with van der Waals surface area (Å²) in [4.78, 5) is 2.01. The van der Waals surface area contributed by atoms with Gasteiger partial charge < -0.3 is 10.0 Å². The Balaban J connectivity index is 2.07. The van der Waals surface area contributed by atoms with Crippen molar-refractivity contribution in [2.24, 2.45) is 5.92 Å². The van der Waals surface area contributed by atoms with Crippen LogP contribution >= 0.6 is 0 Å². The molecule has 0 aromatic heterocycles. The number of rotatable bonds is 2. The molecule has 2 rings (SSSR count). The Labute approximate surface area is 104 Å². The van der Waals surface area contributed by atoms with Crippen LogP contribution in [0.3, 0.4) is 0 Å². The normalized spacial score (nSPS) is 22.3. The first-order valence-corrected chi connectivity index (χ1v) is 5.98. The van der Waals surface area contributed by atoms with Gasteiger partial charge in [0.05, 0.1) is 11.7 Å². The van der Waals surface area contributed by atoms with Gasteiger partial charge in [-0.25, -0.2) is 0 Å². The van der Waals surface area contributed by atoms with Gasteiger partial charge in [0.25, 0.3) is 0 Å². The fourth-order valence-corrected chi connectivity index (χ4v) is 2.28. The summed E-state index contributed by atoms with van der Waals surface area (Å²) in [6.07, 6.45) is -3.78. The van der Waals surface area contributed by atoms with Crippen molar-refractivity contribution in [3.63, 3.8) is 0 Å². The molecule has 1 aromatic rings. The fraction of sp³-hybridized carbons (Fsp3) is 0.538. The minimum atomic E-state index is -4.29. The second-order valence-electron chi connectivity index (χ2n) is 4.78.